The monoisotopic (exact) mass is 256 g/mol. The van der Waals surface area contributed by atoms with Gasteiger partial charge in [-0.25, -0.2) is 0 Å². The summed E-state index contributed by atoms with van der Waals surface area (Å²) in [5.74, 6) is 1.31. The van der Waals surface area contributed by atoms with Crippen LogP contribution < -0.4 is 10.6 Å². The minimum absolute atomic E-state index is 0.132. The van der Waals surface area contributed by atoms with Gasteiger partial charge in [0.1, 0.15) is 0 Å². The number of piperidine rings is 1. The van der Waals surface area contributed by atoms with Crippen LogP contribution in [0.2, 0.25) is 0 Å². The highest BCUT2D eigenvalue weighted by Crippen LogP contribution is 2.15. The van der Waals surface area contributed by atoms with Gasteiger partial charge in [-0.1, -0.05) is 13.8 Å². The minimum atomic E-state index is 0.132. The normalized spacial score (nSPS) is 21.9. The van der Waals surface area contributed by atoms with Crippen molar-refractivity contribution in [3.8, 4) is 0 Å². The Balaban J connectivity index is 2.28. The van der Waals surface area contributed by atoms with Crippen LogP contribution >= 0.6 is 0 Å². The van der Waals surface area contributed by atoms with Gasteiger partial charge in [0.25, 0.3) is 0 Å². The lowest BCUT2D eigenvalue weighted by atomic mass is 9.93. The molecule has 0 bridgehead atoms. The standard InChI is InChI=1S/C14H28N2O2/c1-11(2)8-12(5-7-17)9-16-14(18)13-4-3-6-15-10-13/h11-13,15,17H,3-10H2,1-2H3,(H,16,18). The zero-order valence-corrected chi connectivity index (χ0v) is 11.7. The fraction of sp³-hybridized carbons (Fsp3) is 0.929. The highest BCUT2D eigenvalue weighted by molar-refractivity contribution is 5.78. The number of aliphatic hydroxyl groups excluding tert-OH is 1. The largest absolute Gasteiger partial charge is 0.396 e. The van der Waals surface area contributed by atoms with Crippen molar-refractivity contribution in [1.82, 2.24) is 10.6 Å². The molecular formula is C14H28N2O2. The molecule has 18 heavy (non-hydrogen) atoms. The number of hydrogen-bond acceptors (Lipinski definition) is 3. The Morgan fingerprint density at radius 3 is 2.83 bits per heavy atom. The molecule has 4 heteroatoms. The Kier molecular flexibility index (Phi) is 7.28. The molecule has 1 aliphatic rings. The van der Waals surface area contributed by atoms with E-state index in [4.69, 9.17) is 5.11 Å². The lowest BCUT2D eigenvalue weighted by Crippen LogP contribution is -2.42. The van der Waals surface area contributed by atoms with Crippen LogP contribution in [0.1, 0.15) is 39.5 Å². The van der Waals surface area contributed by atoms with Crippen molar-refractivity contribution >= 4 is 5.91 Å². The van der Waals surface area contributed by atoms with Crippen LogP contribution in [0.25, 0.3) is 0 Å². The predicted octanol–water partition coefficient (Wildman–Crippen LogP) is 1.15. The van der Waals surface area contributed by atoms with Crippen LogP contribution in [-0.2, 0) is 4.79 Å². The van der Waals surface area contributed by atoms with Gasteiger partial charge in [-0.15, -0.1) is 0 Å². The van der Waals surface area contributed by atoms with Gasteiger partial charge in [0.2, 0.25) is 5.91 Å². The molecule has 3 N–H and O–H groups in total. The number of amides is 1. The molecule has 2 atom stereocenters. The van der Waals surface area contributed by atoms with Gasteiger partial charge in [-0.05, 0) is 44.1 Å². The minimum Gasteiger partial charge on any atom is -0.396 e. The maximum Gasteiger partial charge on any atom is 0.224 e. The van der Waals surface area contributed by atoms with Gasteiger partial charge in [0.15, 0.2) is 0 Å². The number of nitrogens with one attached hydrogen (secondary N) is 2. The van der Waals surface area contributed by atoms with Crippen molar-refractivity contribution in [2.75, 3.05) is 26.2 Å². The summed E-state index contributed by atoms with van der Waals surface area (Å²) in [6.07, 6.45) is 3.92. The number of carbonyl (C=O) groups is 1. The average Bonchev–Trinajstić information content (AvgIpc) is 2.36. The van der Waals surface area contributed by atoms with Crippen molar-refractivity contribution < 1.29 is 9.90 Å². The molecule has 0 radical (unpaired) electrons. The Morgan fingerprint density at radius 2 is 2.28 bits per heavy atom. The molecule has 4 nitrogen and oxygen atoms in total. The fourth-order valence-electron chi connectivity index (χ4n) is 2.62. The van der Waals surface area contributed by atoms with Crippen molar-refractivity contribution in [3.05, 3.63) is 0 Å². The maximum absolute atomic E-state index is 12.0. The summed E-state index contributed by atoms with van der Waals surface area (Å²) in [5, 5.41) is 15.4. The molecule has 1 saturated heterocycles. The van der Waals surface area contributed by atoms with E-state index in [9.17, 15) is 4.79 Å². The number of hydrogen-bond donors (Lipinski definition) is 3. The van der Waals surface area contributed by atoms with Gasteiger partial charge in [0.05, 0.1) is 5.92 Å². The number of aliphatic hydroxyl groups is 1. The Labute approximate surface area is 111 Å². The summed E-state index contributed by atoms with van der Waals surface area (Å²) in [6.45, 7) is 7.10. The van der Waals surface area contributed by atoms with Crippen LogP contribution in [0, 0.1) is 17.8 Å². The van der Waals surface area contributed by atoms with E-state index in [2.05, 4.69) is 24.5 Å². The Bertz CT molecular complexity index is 238. The van der Waals surface area contributed by atoms with E-state index < -0.39 is 0 Å². The molecule has 2 unspecified atom stereocenters. The molecule has 1 amide bonds. The van der Waals surface area contributed by atoms with Crippen molar-refractivity contribution in [2.45, 2.75) is 39.5 Å². The number of carbonyl (C=O) groups excluding carboxylic acids is 1. The molecule has 1 aliphatic heterocycles. The van der Waals surface area contributed by atoms with E-state index in [1.54, 1.807) is 0 Å². The van der Waals surface area contributed by atoms with Crippen LogP contribution in [0.4, 0.5) is 0 Å². The molecule has 106 valence electrons. The van der Waals surface area contributed by atoms with E-state index >= 15 is 0 Å². The lowest BCUT2D eigenvalue weighted by Gasteiger charge is -2.24. The first-order chi connectivity index (χ1) is 8.63. The topological polar surface area (TPSA) is 61.4 Å². The van der Waals surface area contributed by atoms with E-state index in [0.29, 0.717) is 18.4 Å². The van der Waals surface area contributed by atoms with Crippen molar-refractivity contribution in [1.29, 1.82) is 0 Å². The third-order valence-electron chi connectivity index (χ3n) is 3.57. The van der Waals surface area contributed by atoms with Gasteiger partial charge in [0, 0.05) is 19.7 Å². The smallest absolute Gasteiger partial charge is 0.224 e. The molecule has 0 aliphatic carbocycles. The lowest BCUT2D eigenvalue weighted by molar-refractivity contribution is -0.125. The quantitative estimate of drug-likeness (QED) is 0.640. The molecule has 0 saturated carbocycles. The fourth-order valence-corrected chi connectivity index (χ4v) is 2.62. The van der Waals surface area contributed by atoms with E-state index in [1.165, 1.54) is 0 Å². The second-order valence-electron chi connectivity index (χ2n) is 5.80. The van der Waals surface area contributed by atoms with Gasteiger partial charge in [-0.2, -0.15) is 0 Å². The summed E-state index contributed by atoms with van der Waals surface area (Å²) in [5.41, 5.74) is 0. The van der Waals surface area contributed by atoms with Crippen molar-refractivity contribution in [3.63, 3.8) is 0 Å². The second kappa shape index (κ2) is 8.48. The Hall–Kier alpha value is -0.610. The molecule has 0 aromatic heterocycles. The second-order valence-corrected chi connectivity index (χ2v) is 5.80. The van der Waals surface area contributed by atoms with E-state index in [1.807, 2.05) is 0 Å². The first kappa shape index (κ1) is 15.4. The Morgan fingerprint density at radius 1 is 1.50 bits per heavy atom. The molecule has 0 aromatic rings. The summed E-state index contributed by atoms with van der Waals surface area (Å²) in [7, 11) is 0. The first-order valence-electron chi connectivity index (χ1n) is 7.22. The maximum atomic E-state index is 12.0. The zero-order valence-electron chi connectivity index (χ0n) is 11.7. The predicted molar refractivity (Wildman–Crippen MR) is 73.3 cm³/mol. The molecule has 1 heterocycles. The molecular weight excluding hydrogens is 228 g/mol. The number of rotatable bonds is 7. The van der Waals surface area contributed by atoms with Gasteiger partial charge in [-0.3, -0.25) is 4.79 Å². The van der Waals surface area contributed by atoms with Crippen LogP contribution in [0.3, 0.4) is 0 Å². The zero-order chi connectivity index (χ0) is 13.4. The third kappa shape index (κ3) is 5.83. The summed E-state index contributed by atoms with van der Waals surface area (Å²) in [6, 6.07) is 0. The first-order valence-corrected chi connectivity index (χ1v) is 7.22. The summed E-state index contributed by atoms with van der Waals surface area (Å²) >= 11 is 0. The third-order valence-corrected chi connectivity index (χ3v) is 3.57. The van der Waals surface area contributed by atoms with E-state index in [-0.39, 0.29) is 18.4 Å². The van der Waals surface area contributed by atoms with E-state index in [0.717, 1.165) is 38.8 Å². The van der Waals surface area contributed by atoms with Crippen molar-refractivity contribution in [2.24, 2.45) is 17.8 Å². The molecule has 1 fully saturated rings. The van der Waals surface area contributed by atoms with Crippen LogP contribution in [-0.4, -0.2) is 37.3 Å². The van der Waals surface area contributed by atoms with Crippen LogP contribution in [0.15, 0.2) is 0 Å². The van der Waals surface area contributed by atoms with Crippen LogP contribution in [0.5, 0.6) is 0 Å². The highest BCUT2D eigenvalue weighted by atomic mass is 16.3. The van der Waals surface area contributed by atoms with Gasteiger partial charge < -0.3 is 15.7 Å². The highest BCUT2D eigenvalue weighted by Gasteiger charge is 2.21. The molecule has 0 aromatic carbocycles. The molecule has 0 spiro atoms. The molecule has 1 rings (SSSR count). The SMILES string of the molecule is CC(C)CC(CCO)CNC(=O)C1CCCNC1. The summed E-state index contributed by atoms with van der Waals surface area (Å²) < 4.78 is 0. The average molecular weight is 256 g/mol. The summed E-state index contributed by atoms with van der Waals surface area (Å²) in [4.78, 5) is 12.0. The van der Waals surface area contributed by atoms with Gasteiger partial charge >= 0.3 is 0 Å².